The van der Waals surface area contributed by atoms with Crippen LogP contribution in [0.2, 0.25) is 0 Å². The van der Waals surface area contributed by atoms with Crippen LogP contribution < -0.4 is 10.6 Å². The van der Waals surface area contributed by atoms with Crippen LogP contribution in [-0.4, -0.2) is 68.9 Å². The molecule has 2 aromatic carbocycles. The van der Waals surface area contributed by atoms with Crippen LogP contribution in [-0.2, 0) is 19.6 Å². The molecule has 1 aliphatic rings. The van der Waals surface area contributed by atoms with Gasteiger partial charge in [-0.3, -0.25) is 9.59 Å². The smallest absolute Gasteiger partial charge is 0.251 e. The fourth-order valence-electron chi connectivity index (χ4n) is 3.28. The normalized spacial score (nSPS) is 15.6. The van der Waals surface area contributed by atoms with Crippen LogP contribution in [0.25, 0.3) is 0 Å². The topological polar surface area (TPSA) is 105 Å². The highest BCUT2D eigenvalue weighted by Gasteiger charge is 2.27. The Labute approximate surface area is 196 Å². The van der Waals surface area contributed by atoms with Crippen molar-refractivity contribution in [2.75, 3.05) is 43.6 Å². The van der Waals surface area contributed by atoms with E-state index >= 15 is 0 Å². The zero-order valence-corrected chi connectivity index (χ0v) is 19.8. The number of nitrogens with zero attached hydrogens (tertiary/aromatic N) is 1. The number of halogens is 1. The number of ether oxygens (including phenoxy) is 1. The fraction of sp³-hybridized carbons (Fsp3) is 0.364. The van der Waals surface area contributed by atoms with Gasteiger partial charge in [-0.2, -0.15) is 16.1 Å². The summed E-state index contributed by atoms with van der Waals surface area (Å²) in [4.78, 5) is 25.7. The van der Waals surface area contributed by atoms with Gasteiger partial charge in [0.05, 0.1) is 18.1 Å². The number of carbonyl (C=O) groups is 2. The third-order valence-electron chi connectivity index (χ3n) is 5.03. The number of thioether (sulfide) groups is 1. The molecule has 3 rings (SSSR count). The van der Waals surface area contributed by atoms with E-state index in [2.05, 4.69) is 10.6 Å². The molecule has 0 bridgehead atoms. The molecule has 1 fully saturated rings. The predicted molar refractivity (Wildman–Crippen MR) is 125 cm³/mol. The molecule has 2 amide bonds. The Morgan fingerprint density at radius 2 is 1.88 bits per heavy atom. The number of amides is 2. The molecule has 11 heteroatoms. The molecule has 0 aliphatic carbocycles. The summed E-state index contributed by atoms with van der Waals surface area (Å²) < 4.78 is 45.8. The van der Waals surface area contributed by atoms with Gasteiger partial charge in [-0.15, -0.1) is 0 Å². The molecule has 1 atom stereocenters. The standard InChI is InChI=1S/C22H26FN3O5S2/c1-32-13-8-20(22(28)24-18-6-3-5-17(23)15-18)25-21(27)16-4-2-7-19(14-16)33(29,30)26-9-11-31-12-10-26/h2-7,14-15,20H,8-13H2,1H3,(H,24,28)(H,25,27). The lowest BCUT2D eigenvalue weighted by Crippen LogP contribution is -2.44. The number of carbonyl (C=O) groups excluding carboxylic acids is 2. The molecule has 33 heavy (non-hydrogen) atoms. The van der Waals surface area contributed by atoms with Crippen LogP contribution in [0.15, 0.2) is 53.4 Å². The number of hydrogen-bond donors (Lipinski definition) is 2. The van der Waals surface area contributed by atoms with Crippen molar-refractivity contribution in [3.63, 3.8) is 0 Å². The third-order valence-corrected chi connectivity index (χ3v) is 7.57. The summed E-state index contributed by atoms with van der Waals surface area (Å²) in [5, 5.41) is 5.28. The number of morpholine rings is 1. The maximum atomic E-state index is 13.4. The largest absolute Gasteiger partial charge is 0.379 e. The molecule has 0 aromatic heterocycles. The van der Waals surface area contributed by atoms with E-state index in [0.717, 1.165) is 0 Å². The molecular formula is C22H26FN3O5S2. The maximum Gasteiger partial charge on any atom is 0.251 e. The van der Waals surface area contributed by atoms with Crippen molar-refractivity contribution in [3.05, 3.63) is 59.9 Å². The molecule has 8 nitrogen and oxygen atoms in total. The van der Waals surface area contributed by atoms with Crippen molar-refractivity contribution >= 4 is 39.3 Å². The summed E-state index contributed by atoms with van der Waals surface area (Å²) in [5.41, 5.74) is 0.402. The molecule has 1 unspecified atom stereocenters. The van der Waals surface area contributed by atoms with Crippen molar-refractivity contribution in [3.8, 4) is 0 Å². The minimum absolute atomic E-state index is 0.00178. The van der Waals surface area contributed by atoms with Gasteiger partial charge in [-0.1, -0.05) is 12.1 Å². The van der Waals surface area contributed by atoms with Crippen LogP contribution in [0.5, 0.6) is 0 Å². The van der Waals surface area contributed by atoms with E-state index in [-0.39, 0.29) is 29.2 Å². The van der Waals surface area contributed by atoms with E-state index in [9.17, 15) is 22.4 Å². The van der Waals surface area contributed by atoms with E-state index in [4.69, 9.17) is 4.74 Å². The molecule has 2 aromatic rings. The van der Waals surface area contributed by atoms with Gasteiger partial charge in [-0.05, 0) is 54.8 Å². The number of rotatable bonds is 9. The molecular weight excluding hydrogens is 469 g/mol. The van der Waals surface area contributed by atoms with E-state index in [1.54, 1.807) is 6.07 Å². The highest BCUT2D eigenvalue weighted by Crippen LogP contribution is 2.19. The first-order valence-corrected chi connectivity index (χ1v) is 13.2. The van der Waals surface area contributed by atoms with Gasteiger partial charge in [0.25, 0.3) is 5.91 Å². The summed E-state index contributed by atoms with van der Waals surface area (Å²) in [5.74, 6) is -0.946. The lowest BCUT2D eigenvalue weighted by atomic mass is 10.1. The fourth-order valence-corrected chi connectivity index (χ4v) is 5.20. The highest BCUT2D eigenvalue weighted by atomic mass is 32.2. The first-order chi connectivity index (χ1) is 15.8. The lowest BCUT2D eigenvalue weighted by Gasteiger charge is -2.26. The first-order valence-electron chi connectivity index (χ1n) is 10.4. The Morgan fingerprint density at radius 3 is 2.58 bits per heavy atom. The molecule has 0 saturated carbocycles. The highest BCUT2D eigenvalue weighted by molar-refractivity contribution is 7.98. The van der Waals surface area contributed by atoms with Gasteiger partial charge < -0.3 is 15.4 Å². The van der Waals surface area contributed by atoms with E-state index in [1.807, 2.05) is 6.26 Å². The van der Waals surface area contributed by atoms with Crippen molar-refractivity contribution in [2.24, 2.45) is 0 Å². The molecule has 0 spiro atoms. The zero-order valence-electron chi connectivity index (χ0n) is 18.1. The van der Waals surface area contributed by atoms with E-state index in [1.165, 1.54) is 58.5 Å². The Morgan fingerprint density at radius 1 is 1.15 bits per heavy atom. The SMILES string of the molecule is CSCCC(NC(=O)c1cccc(S(=O)(=O)N2CCOCC2)c1)C(=O)Nc1cccc(F)c1. The Balaban J connectivity index is 1.75. The molecule has 1 aliphatic heterocycles. The minimum Gasteiger partial charge on any atom is -0.379 e. The average Bonchev–Trinajstić information content (AvgIpc) is 2.82. The molecule has 2 N–H and O–H groups in total. The van der Waals surface area contributed by atoms with Crippen LogP contribution >= 0.6 is 11.8 Å². The predicted octanol–water partition coefficient (Wildman–Crippen LogP) is 2.34. The van der Waals surface area contributed by atoms with Crippen molar-refractivity contribution < 1.29 is 27.1 Å². The summed E-state index contributed by atoms with van der Waals surface area (Å²) in [7, 11) is -3.77. The van der Waals surface area contributed by atoms with Gasteiger partial charge in [0, 0.05) is 24.3 Å². The van der Waals surface area contributed by atoms with Crippen LogP contribution in [0.3, 0.4) is 0 Å². The Hall–Kier alpha value is -2.47. The summed E-state index contributed by atoms with van der Waals surface area (Å²) in [6.45, 7) is 1.12. The van der Waals surface area contributed by atoms with Gasteiger partial charge in [0.15, 0.2) is 0 Å². The summed E-state index contributed by atoms with van der Waals surface area (Å²) in [6, 6.07) is 10.3. The minimum atomic E-state index is -3.77. The molecule has 0 radical (unpaired) electrons. The quantitative estimate of drug-likeness (QED) is 0.553. The number of anilines is 1. The lowest BCUT2D eigenvalue weighted by molar-refractivity contribution is -0.118. The Kier molecular flexibility index (Phi) is 8.84. The average molecular weight is 496 g/mol. The number of nitrogens with one attached hydrogen (secondary N) is 2. The third kappa shape index (κ3) is 6.76. The van der Waals surface area contributed by atoms with Crippen LogP contribution in [0.4, 0.5) is 10.1 Å². The molecule has 1 heterocycles. The second kappa shape index (κ2) is 11.6. The summed E-state index contributed by atoms with van der Waals surface area (Å²) in [6.07, 6.45) is 2.23. The number of sulfonamides is 1. The molecule has 178 valence electrons. The first kappa shape index (κ1) is 25.2. The van der Waals surface area contributed by atoms with Gasteiger partial charge in [0.2, 0.25) is 15.9 Å². The maximum absolute atomic E-state index is 13.4. The van der Waals surface area contributed by atoms with Crippen molar-refractivity contribution in [2.45, 2.75) is 17.4 Å². The number of benzene rings is 2. The van der Waals surface area contributed by atoms with Crippen molar-refractivity contribution in [1.82, 2.24) is 9.62 Å². The van der Waals surface area contributed by atoms with Crippen molar-refractivity contribution in [1.29, 1.82) is 0 Å². The molecule has 1 saturated heterocycles. The van der Waals surface area contributed by atoms with E-state index in [0.29, 0.717) is 25.4 Å². The van der Waals surface area contributed by atoms with E-state index < -0.39 is 33.7 Å². The monoisotopic (exact) mass is 495 g/mol. The summed E-state index contributed by atoms with van der Waals surface area (Å²) >= 11 is 1.51. The Bertz CT molecular complexity index is 1090. The van der Waals surface area contributed by atoms with Crippen LogP contribution in [0.1, 0.15) is 16.8 Å². The van der Waals surface area contributed by atoms with Gasteiger partial charge in [0.1, 0.15) is 11.9 Å². The van der Waals surface area contributed by atoms with Gasteiger partial charge in [-0.25, -0.2) is 12.8 Å². The van der Waals surface area contributed by atoms with Gasteiger partial charge >= 0.3 is 0 Å². The second-order valence-corrected chi connectivity index (χ2v) is 10.3. The zero-order chi connectivity index (χ0) is 23.8. The van der Waals surface area contributed by atoms with Crippen LogP contribution in [0, 0.1) is 5.82 Å². The second-order valence-electron chi connectivity index (χ2n) is 7.35. The number of hydrogen-bond acceptors (Lipinski definition) is 6.